The van der Waals surface area contributed by atoms with E-state index in [0.717, 1.165) is 0 Å². The van der Waals surface area contributed by atoms with Crippen LogP contribution in [0, 0.1) is 5.82 Å². The number of rotatable bonds is 3. The van der Waals surface area contributed by atoms with Gasteiger partial charge in [-0.2, -0.15) is 0 Å². The first-order valence-corrected chi connectivity index (χ1v) is 7.69. The van der Waals surface area contributed by atoms with Crippen LogP contribution in [0.1, 0.15) is 10.4 Å². The number of hydrogen-bond donors (Lipinski definition) is 3. The molecule has 0 amide bonds. The van der Waals surface area contributed by atoms with Crippen molar-refractivity contribution in [3.05, 3.63) is 40.7 Å². The molecule has 0 atom stereocenters. The van der Waals surface area contributed by atoms with Crippen LogP contribution in [0.2, 0.25) is 5.02 Å². The highest BCUT2D eigenvalue weighted by Crippen LogP contribution is 2.41. The fourth-order valence-corrected chi connectivity index (χ4v) is 2.83. The summed E-state index contributed by atoms with van der Waals surface area (Å²) in [6.45, 7) is 0.527. The predicted molar refractivity (Wildman–Crippen MR) is 88.7 cm³/mol. The molecule has 3 aromatic rings. The maximum atomic E-state index is 13.9. The fourth-order valence-electron chi connectivity index (χ4n) is 2.62. The topological polar surface area (TPSA) is 96.5 Å². The molecule has 2 aromatic carbocycles. The maximum Gasteiger partial charge on any atom is 0.339 e. The standard InChI is InChI=1S/C16H11ClFN3O4/c17-8-2-1-3-9(18)11(8)20-16-19-10-6-7(15(22)23)13-14(12(10)21-16)25-5-4-24-13/h1-3,6H,4-5H2,(H,22,23)(H2,19,20,21). The van der Waals surface area contributed by atoms with Gasteiger partial charge in [-0.3, -0.25) is 0 Å². The number of para-hydroxylation sites is 1. The number of aromatic carboxylic acids is 1. The number of hydrogen-bond acceptors (Lipinski definition) is 5. The zero-order chi connectivity index (χ0) is 17.6. The number of anilines is 2. The van der Waals surface area contributed by atoms with E-state index < -0.39 is 11.8 Å². The summed E-state index contributed by atoms with van der Waals surface area (Å²) in [6, 6.07) is 5.68. The lowest BCUT2D eigenvalue weighted by atomic mass is 10.1. The lowest BCUT2D eigenvalue weighted by Gasteiger charge is -2.19. The smallest absolute Gasteiger partial charge is 0.339 e. The van der Waals surface area contributed by atoms with Gasteiger partial charge in [0.1, 0.15) is 30.1 Å². The predicted octanol–water partition coefficient (Wildman–Crippen LogP) is 3.57. The molecule has 0 bridgehead atoms. The Labute approximate surface area is 145 Å². The molecular formula is C16H11ClFN3O4. The number of aromatic amines is 1. The second kappa shape index (κ2) is 5.82. The van der Waals surface area contributed by atoms with Crippen LogP contribution in [0.3, 0.4) is 0 Å². The van der Waals surface area contributed by atoms with Gasteiger partial charge in [0.15, 0.2) is 11.5 Å². The molecule has 7 nitrogen and oxygen atoms in total. The Balaban J connectivity index is 1.84. The number of carbonyl (C=O) groups is 1. The Morgan fingerprint density at radius 3 is 2.80 bits per heavy atom. The lowest BCUT2D eigenvalue weighted by Crippen LogP contribution is -2.18. The van der Waals surface area contributed by atoms with Crippen LogP contribution in [0.25, 0.3) is 11.0 Å². The average molecular weight is 364 g/mol. The zero-order valence-corrected chi connectivity index (χ0v) is 13.4. The van der Waals surface area contributed by atoms with E-state index in [1.54, 1.807) is 0 Å². The second-order valence-electron chi connectivity index (χ2n) is 5.29. The first-order valence-electron chi connectivity index (χ1n) is 7.31. The molecule has 0 saturated heterocycles. The van der Waals surface area contributed by atoms with Crippen LogP contribution in [0.4, 0.5) is 16.0 Å². The number of benzene rings is 2. The zero-order valence-electron chi connectivity index (χ0n) is 12.6. The summed E-state index contributed by atoms with van der Waals surface area (Å²) < 4.78 is 24.9. The number of carboxylic acid groups (broad SMARTS) is 1. The van der Waals surface area contributed by atoms with E-state index in [1.807, 2.05) is 0 Å². The Kier molecular flexibility index (Phi) is 3.61. The summed E-state index contributed by atoms with van der Waals surface area (Å²) >= 11 is 5.99. The molecule has 1 aliphatic rings. The van der Waals surface area contributed by atoms with E-state index in [4.69, 9.17) is 21.1 Å². The maximum absolute atomic E-state index is 13.9. The minimum Gasteiger partial charge on any atom is -0.485 e. The molecule has 0 unspecified atom stereocenters. The third-order valence-corrected chi connectivity index (χ3v) is 4.01. The summed E-state index contributed by atoms with van der Waals surface area (Å²) in [5.74, 6) is -1.12. The van der Waals surface area contributed by atoms with E-state index in [9.17, 15) is 14.3 Å². The van der Waals surface area contributed by atoms with Crippen molar-refractivity contribution in [2.45, 2.75) is 0 Å². The van der Waals surface area contributed by atoms with E-state index in [0.29, 0.717) is 11.0 Å². The quantitative estimate of drug-likeness (QED) is 0.658. The minimum absolute atomic E-state index is 0.0404. The number of halogens is 2. The van der Waals surface area contributed by atoms with Gasteiger partial charge in [-0.15, -0.1) is 0 Å². The summed E-state index contributed by atoms with van der Waals surface area (Å²) in [4.78, 5) is 18.7. The lowest BCUT2D eigenvalue weighted by molar-refractivity contribution is 0.0686. The van der Waals surface area contributed by atoms with Gasteiger partial charge in [-0.25, -0.2) is 14.2 Å². The molecule has 0 spiro atoms. The molecule has 0 fully saturated rings. The fraction of sp³-hybridized carbons (Fsp3) is 0.125. The largest absolute Gasteiger partial charge is 0.485 e. The van der Waals surface area contributed by atoms with Crippen molar-refractivity contribution in [3.8, 4) is 11.5 Å². The number of ether oxygens (including phenoxy) is 2. The normalized spacial score (nSPS) is 13.0. The highest BCUT2D eigenvalue weighted by Gasteiger charge is 2.26. The van der Waals surface area contributed by atoms with Crippen molar-refractivity contribution in [2.24, 2.45) is 0 Å². The van der Waals surface area contributed by atoms with E-state index in [2.05, 4.69) is 15.3 Å². The molecular weight excluding hydrogens is 353 g/mol. The van der Waals surface area contributed by atoms with Crippen LogP contribution in [0.15, 0.2) is 24.3 Å². The Morgan fingerprint density at radius 1 is 1.32 bits per heavy atom. The molecule has 1 aliphatic heterocycles. The molecule has 1 aromatic heterocycles. The first kappa shape index (κ1) is 15.5. The molecule has 25 heavy (non-hydrogen) atoms. The van der Waals surface area contributed by atoms with E-state index in [1.165, 1.54) is 24.3 Å². The molecule has 2 heterocycles. The summed E-state index contributed by atoms with van der Waals surface area (Å²) in [5.41, 5.74) is 0.820. The van der Waals surface area contributed by atoms with Crippen LogP contribution in [-0.4, -0.2) is 34.3 Å². The number of aromatic nitrogens is 2. The van der Waals surface area contributed by atoms with Crippen LogP contribution in [-0.2, 0) is 0 Å². The summed E-state index contributed by atoms with van der Waals surface area (Å²) in [7, 11) is 0. The third-order valence-electron chi connectivity index (χ3n) is 3.70. The molecule has 0 radical (unpaired) electrons. The molecule has 9 heteroatoms. The first-order chi connectivity index (χ1) is 12.0. The second-order valence-corrected chi connectivity index (χ2v) is 5.69. The van der Waals surface area contributed by atoms with Crippen molar-refractivity contribution < 1.29 is 23.8 Å². The van der Waals surface area contributed by atoms with Crippen molar-refractivity contribution in [3.63, 3.8) is 0 Å². The number of fused-ring (bicyclic) bond motifs is 3. The minimum atomic E-state index is -1.15. The molecule has 0 aliphatic carbocycles. The monoisotopic (exact) mass is 363 g/mol. The number of nitrogens with one attached hydrogen (secondary N) is 2. The van der Waals surface area contributed by atoms with Gasteiger partial charge in [-0.05, 0) is 18.2 Å². The van der Waals surface area contributed by atoms with Crippen molar-refractivity contribution in [2.75, 3.05) is 18.5 Å². The molecule has 4 rings (SSSR count). The van der Waals surface area contributed by atoms with Gasteiger partial charge >= 0.3 is 5.97 Å². The van der Waals surface area contributed by atoms with Crippen molar-refractivity contribution in [1.29, 1.82) is 0 Å². The van der Waals surface area contributed by atoms with Gasteiger partial charge in [0, 0.05) is 0 Å². The summed E-state index contributed by atoms with van der Waals surface area (Å²) in [6.07, 6.45) is 0. The van der Waals surface area contributed by atoms with Crippen molar-refractivity contribution >= 4 is 40.2 Å². The van der Waals surface area contributed by atoms with E-state index in [-0.39, 0.29) is 46.9 Å². The number of imidazole rings is 1. The molecule has 3 N–H and O–H groups in total. The number of nitrogens with zero attached hydrogens (tertiary/aromatic N) is 1. The Bertz CT molecular complexity index is 984. The SMILES string of the molecule is O=C(O)c1cc2[nH]c(Nc3c(F)cccc3Cl)nc2c2c1OCCO2. The highest BCUT2D eigenvalue weighted by atomic mass is 35.5. The van der Waals surface area contributed by atoms with Crippen LogP contribution in [0.5, 0.6) is 11.5 Å². The molecule has 0 saturated carbocycles. The number of H-pyrrole nitrogens is 1. The van der Waals surface area contributed by atoms with Gasteiger partial charge in [0.25, 0.3) is 0 Å². The highest BCUT2D eigenvalue weighted by molar-refractivity contribution is 6.33. The van der Waals surface area contributed by atoms with Crippen LogP contribution >= 0.6 is 11.6 Å². The van der Waals surface area contributed by atoms with Crippen molar-refractivity contribution in [1.82, 2.24) is 9.97 Å². The van der Waals surface area contributed by atoms with Gasteiger partial charge in [0.05, 0.1) is 16.2 Å². The van der Waals surface area contributed by atoms with E-state index >= 15 is 0 Å². The van der Waals surface area contributed by atoms with Gasteiger partial charge < -0.3 is 24.9 Å². The molecule has 128 valence electrons. The van der Waals surface area contributed by atoms with Gasteiger partial charge in [-0.1, -0.05) is 17.7 Å². The van der Waals surface area contributed by atoms with Gasteiger partial charge in [0.2, 0.25) is 5.95 Å². The Hall–Kier alpha value is -3.00. The average Bonchev–Trinajstić information content (AvgIpc) is 3.00. The number of carboxylic acids is 1. The third kappa shape index (κ3) is 2.60. The summed E-state index contributed by atoms with van der Waals surface area (Å²) in [5, 5.41) is 12.3. The van der Waals surface area contributed by atoms with Crippen LogP contribution < -0.4 is 14.8 Å². The Morgan fingerprint density at radius 2 is 2.08 bits per heavy atom.